The van der Waals surface area contributed by atoms with Gasteiger partial charge in [-0.15, -0.1) is 0 Å². The number of hydrogen-bond donors (Lipinski definition) is 0. The first-order chi connectivity index (χ1) is 15.4. The van der Waals surface area contributed by atoms with Crippen LogP contribution in [0.2, 0.25) is 0 Å². The molecular weight excluding hydrogens is 434 g/mol. The third kappa shape index (κ3) is 5.03. The predicted octanol–water partition coefficient (Wildman–Crippen LogP) is 4.76. The SMILES string of the molecule is COc1cc(-c2cnc3cc(C(C)(C)C#N)cnn23)cc(OC(F)F)c1C(=O)OC(C)(C)C. The maximum Gasteiger partial charge on any atom is 0.387 e. The number of imidazole rings is 1. The standard InChI is InChI=1S/C23H24F2N4O4/c1-22(2,3)33-20(30)19-16(31-6)7-13(8-17(19)32-21(24)25)15-11-27-18-9-14(10-28-29(15)18)23(4,5)12-26/h7-11,21H,1-6H3. The van der Waals surface area contributed by atoms with Crippen molar-refractivity contribution in [2.75, 3.05) is 7.11 Å². The third-order valence-electron chi connectivity index (χ3n) is 4.76. The van der Waals surface area contributed by atoms with E-state index in [0.29, 0.717) is 22.5 Å². The minimum atomic E-state index is -3.18. The lowest BCUT2D eigenvalue weighted by Gasteiger charge is -2.22. The highest BCUT2D eigenvalue weighted by Crippen LogP contribution is 2.37. The van der Waals surface area contributed by atoms with Crippen LogP contribution in [-0.4, -0.2) is 39.9 Å². The van der Waals surface area contributed by atoms with Crippen LogP contribution in [0.25, 0.3) is 16.9 Å². The van der Waals surface area contributed by atoms with Crippen LogP contribution in [0.5, 0.6) is 11.5 Å². The smallest absolute Gasteiger partial charge is 0.387 e. The predicted molar refractivity (Wildman–Crippen MR) is 115 cm³/mol. The summed E-state index contributed by atoms with van der Waals surface area (Å²) in [6.45, 7) is 5.32. The molecule has 0 atom stereocenters. The number of carbonyl (C=O) groups excluding carboxylic acids is 1. The quantitative estimate of drug-likeness (QED) is 0.491. The molecule has 0 fully saturated rings. The molecule has 0 saturated heterocycles. The summed E-state index contributed by atoms with van der Waals surface area (Å²) >= 11 is 0. The largest absolute Gasteiger partial charge is 0.496 e. The summed E-state index contributed by atoms with van der Waals surface area (Å²) in [4.78, 5) is 17.1. The van der Waals surface area contributed by atoms with Crippen LogP contribution in [0.1, 0.15) is 50.5 Å². The van der Waals surface area contributed by atoms with E-state index in [1.807, 2.05) is 0 Å². The van der Waals surface area contributed by atoms with E-state index in [4.69, 9.17) is 9.47 Å². The van der Waals surface area contributed by atoms with Gasteiger partial charge in [-0.2, -0.15) is 19.1 Å². The van der Waals surface area contributed by atoms with Gasteiger partial charge in [-0.25, -0.2) is 14.3 Å². The fraction of sp³-hybridized carbons (Fsp3) is 0.391. The first-order valence-corrected chi connectivity index (χ1v) is 10.0. The minimum Gasteiger partial charge on any atom is -0.496 e. The summed E-state index contributed by atoms with van der Waals surface area (Å²) in [6, 6.07) is 6.71. The van der Waals surface area contributed by atoms with Crippen LogP contribution in [0, 0.1) is 11.3 Å². The number of aromatic nitrogens is 3. The molecule has 0 spiro atoms. The van der Waals surface area contributed by atoms with Crippen molar-refractivity contribution in [1.82, 2.24) is 14.6 Å². The number of hydrogen-bond acceptors (Lipinski definition) is 7. The van der Waals surface area contributed by atoms with Crippen molar-refractivity contribution in [1.29, 1.82) is 5.26 Å². The van der Waals surface area contributed by atoms with E-state index >= 15 is 0 Å². The number of carbonyl (C=O) groups is 1. The normalized spacial score (nSPS) is 12.0. The van der Waals surface area contributed by atoms with Gasteiger partial charge >= 0.3 is 12.6 Å². The molecule has 0 aliphatic carbocycles. The number of methoxy groups -OCH3 is 1. The average molecular weight is 458 g/mol. The molecule has 0 aliphatic rings. The van der Waals surface area contributed by atoms with Crippen LogP contribution in [0.4, 0.5) is 8.78 Å². The molecule has 1 aromatic carbocycles. The van der Waals surface area contributed by atoms with Crippen molar-refractivity contribution in [3.63, 3.8) is 0 Å². The molecule has 0 amide bonds. The Bertz CT molecular complexity index is 1240. The van der Waals surface area contributed by atoms with Crippen molar-refractivity contribution in [2.24, 2.45) is 0 Å². The molecule has 2 heterocycles. The number of halogens is 2. The lowest BCUT2D eigenvalue weighted by atomic mass is 9.88. The summed E-state index contributed by atoms with van der Waals surface area (Å²) in [6.07, 6.45) is 3.05. The van der Waals surface area contributed by atoms with E-state index in [1.165, 1.54) is 30.0 Å². The topological polar surface area (TPSA) is 98.7 Å². The minimum absolute atomic E-state index is 0.00501. The number of benzene rings is 1. The second kappa shape index (κ2) is 8.65. The Morgan fingerprint density at radius 3 is 2.36 bits per heavy atom. The first kappa shape index (κ1) is 23.9. The van der Waals surface area contributed by atoms with E-state index in [1.54, 1.807) is 46.9 Å². The fourth-order valence-electron chi connectivity index (χ4n) is 3.10. The van der Waals surface area contributed by atoms with Crippen molar-refractivity contribution in [2.45, 2.75) is 52.2 Å². The number of nitriles is 1. The van der Waals surface area contributed by atoms with Gasteiger partial charge in [0, 0.05) is 5.56 Å². The maximum atomic E-state index is 13.2. The highest BCUT2D eigenvalue weighted by molar-refractivity contribution is 5.97. The summed E-state index contributed by atoms with van der Waals surface area (Å²) < 4.78 is 43.2. The molecule has 174 valence electrons. The van der Waals surface area contributed by atoms with Gasteiger partial charge in [-0.05, 0) is 58.4 Å². The molecule has 2 aromatic heterocycles. The molecule has 8 nitrogen and oxygen atoms in total. The van der Waals surface area contributed by atoms with E-state index in [2.05, 4.69) is 20.9 Å². The molecule has 0 aliphatic heterocycles. The second-order valence-electron chi connectivity index (χ2n) is 8.83. The molecule has 10 heteroatoms. The Hall–Kier alpha value is -3.74. The Morgan fingerprint density at radius 1 is 1.12 bits per heavy atom. The Morgan fingerprint density at radius 2 is 1.79 bits per heavy atom. The zero-order valence-corrected chi connectivity index (χ0v) is 19.1. The van der Waals surface area contributed by atoms with E-state index in [-0.39, 0.29) is 11.3 Å². The van der Waals surface area contributed by atoms with E-state index in [9.17, 15) is 18.8 Å². The molecule has 0 unspecified atom stereocenters. The number of nitrogens with zero attached hydrogens (tertiary/aromatic N) is 4. The van der Waals surface area contributed by atoms with Gasteiger partial charge in [0.2, 0.25) is 0 Å². The first-order valence-electron chi connectivity index (χ1n) is 10.0. The summed E-state index contributed by atoms with van der Waals surface area (Å²) in [5.74, 6) is -1.26. The van der Waals surface area contributed by atoms with Gasteiger partial charge < -0.3 is 14.2 Å². The molecule has 0 N–H and O–H groups in total. The number of rotatable bonds is 6. The fourth-order valence-corrected chi connectivity index (χ4v) is 3.10. The van der Waals surface area contributed by atoms with Crippen LogP contribution < -0.4 is 9.47 Å². The maximum absolute atomic E-state index is 13.2. The second-order valence-corrected chi connectivity index (χ2v) is 8.83. The molecular formula is C23H24F2N4O4. The highest BCUT2D eigenvalue weighted by Gasteiger charge is 2.28. The number of esters is 1. The van der Waals surface area contributed by atoms with Crippen molar-refractivity contribution < 1.29 is 27.8 Å². The summed E-state index contributed by atoms with van der Waals surface area (Å²) in [5.41, 5.74) is 0.0743. The molecule has 33 heavy (non-hydrogen) atoms. The van der Waals surface area contributed by atoms with Crippen LogP contribution in [0.3, 0.4) is 0 Å². The Kier molecular flexibility index (Phi) is 6.27. The van der Waals surface area contributed by atoms with Crippen molar-refractivity contribution in [3.05, 3.63) is 41.7 Å². The van der Waals surface area contributed by atoms with Crippen LogP contribution in [0.15, 0.2) is 30.6 Å². The van der Waals surface area contributed by atoms with Gasteiger partial charge in [0.25, 0.3) is 0 Å². The Balaban J connectivity index is 2.17. The lowest BCUT2D eigenvalue weighted by molar-refractivity contribution is -0.0509. The van der Waals surface area contributed by atoms with Gasteiger partial charge in [0.15, 0.2) is 5.65 Å². The van der Waals surface area contributed by atoms with Gasteiger partial charge in [-0.3, -0.25) is 0 Å². The molecule has 0 radical (unpaired) electrons. The summed E-state index contributed by atoms with van der Waals surface area (Å²) in [5, 5.41) is 13.7. The van der Waals surface area contributed by atoms with Crippen LogP contribution in [-0.2, 0) is 10.2 Å². The van der Waals surface area contributed by atoms with Gasteiger partial charge in [0.05, 0.1) is 36.7 Å². The van der Waals surface area contributed by atoms with Crippen molar-refractivity contribution in [3.8, 4) is 28.8 Å². The zero-order valence-electron chi connectivity index (χ0n) is 19.1. The Labute approximate surface area is 189 Å². The lowest BCUT2D eigenvalue weighted by Crippen LogP contribution is -2.25. The molecule has 0 saturated carbocycles. The molecule has 3 aromatic rings. The van der Waals surface area contributed by atoms with Crippen LogP contribution >= 0.6 is 0 Å². The van der Waals surface area contributed by atoms with E-state index in [0.717, 1.165) is 0 Å². The summed E-state index contributed by atoms with van der Waals surface area (Å²) in [7, 11) is 1.31. The van der Waals surface area contributed by atoms with E-state index < -0.39 is 29.3 Å². The van der Waals surface area contributed by atoms with Gasteiger partial charge in [-0.1, -0.05) is 0 Å². The van der Waals surface area contributed by atoms with Crippen molar-refractivity contribution >= 4 is 11.6 Å². The monoisotopic (exact) mass is 458 g/mol. The number of ether oxygens (including phenoxy) is 3. The highest BCUT2D eigenvalue weighted by atomic mass is 19.3. The number of fused-ring (bicyclic) bond motifs is 1. The molecule has 0 bridgehead atoms. The zero-order chi connectivity index (χ0) is 24.6. The molecule has 3 rings (SSSR count). The van der Waals surface area contributed by atoms with Gasteiger partial charge in [0.1, 0.15) is 22.7 Å². The third-order valence-corrected chi connectivity index (χ3v) is 4.76. The number of alkyl halides is 2. The average Bonchev–Trinajstić information content (AvgIpc) is 3.14.